The Morgan fingerprint density at radius 1 is 1.44 bits per heavy atom. The molecule has 0 amide bonds. The van der Waals surface area contributed by atoms with Crippen molar-refractivity contribution in [3.05, 3.63) is 0 Å². The summed E-state index contributed by atoms with van der Waals surface area (Å²) in [6.45, 7) is -1.86. The highest BCUT2D eigenvalue weighted by Crippen LogP contribution is 2.32. The van der Waals surface area contributed by atoms with Crippen molar-refractivity contribution in [1.82, 2.24) is 0 Å². The number of aliphatic hydroxyl groups is 4. The van der Waals surface area contributed by atoms with E-state index in [1.54, 1.807) is 0 Å². The smallest absolute Gasteiger partial charge is 0.219 e. The zero-order valence-corrected chi connectivity index (χ0v) is 8.82. The van der Waals surface area contributed by atoms with Crippen LogP contribution in [0.5, 0.6) is 0 Å². The topological polar surface area (TPSA) is 163 Å². The molecule has 1 aliphatic heterocycles. The number of rotatable bonds is 4. The molecule has 0 aromatic carbocycles. The molecule has 1 saturated heterocycles. The summed E-state index contributed by atoms with van der Waals surface area (Å²) in [5.74, 6) is -2.40. The van der Waals surface area contributed by atoms with Crippen LogP contribution in [0.2, 0.25) is 0 Å². The molecule has 1 unspecified atom stereocenters. The second-order valence-corrected chi connectivity index (χ2v) is 4.49. The lowest BCUT2D eigenvalue weighted by Crippen LogP contribution is -2.46. The second-order valence-electron chi connectivity index (χ2n) is 3.34. The first-order valence-corrected chi connectivity index (χ1v) is 5.69. The summed E-state index contributed by atoms with van der Waals surface area (Å²) in [7, 11) is -5.23. The monoisotopic (exact) mass is 258 g/mol. The Labute approximate surface area is 90.1 Å². The van der Waals surface area contributed by atoms with Crippen molar-refractivity contribution in [2.75, 3.05) is 13.2 Å². The molecule has 10 heteroatoms. The first kappa shape index (κ1) is 14.0. The molecule has 0 aromatic heterocycles. The van der Waals surface area contributed by atoms with Gasteiger partial charge in [-0.1, -0.05) is 0 Å². The van der Waals surface area contributed by atoms with E-state index in [-0.39, 0.29) is 0 Å². The number of phosphoric acid groups is 1. The molecule has 1 heterocycles. The van der Waals surface area contributed by atoms with E-state index in [9.17, 15) is 29.7 Å². The van der Waals surface area contributed by atoms with Gasteiger partial charge in [0.2, 0.25) is 5.79 Å². The Bertz CT molecular complexity index is 290. The van der Waals surface area contributed by atoms with Crippen LogP contribution in [-0.2, 0) is 13.8 Å². The van der Waals surface area contributed by atoms with E-state index in [2.05, 4.69) is 9.26 Å². The van der Waals surface area contributed by atoms with Crippen LogP contribution in [0.15, 0.2) is 0 Å². The lowest BCUT2D eigenvalue weighted by atomic mass is 10.1. The molecule has 9 nitrogen and oxygen atoms in total. The fourth-order valence-electron chi connectivity index (χ4n) is 1.30. The van der Waals surface area contributed by atoms with Gasteiger partial charge >= 0.3 is 0 Å². The molecule has 1 fully saturated rings. The molecule has 16 heavy (non-hydrogen) atoms. The van der Waals surface area contributed by atoms with Crippen LogP contribution in [0.4, 0.5) is 0 Å². The summed E-state index contributed by atoms with van der Waals surface area (Å²) in [6, 6.07) is 0. The fraction of sp³-hybridized carbons (Fsp3) is 1.00. The zero-order chi connectivity index (χ0) is 12.6. The van der Waals surface area contributed by atoms with E-state index >= 15 is 0 Å². The van der Waals surface area contributed by atoms with Gasteiger partial charge in [-0.15, -0.1) is 0 Å². The highest BCUT2D eigenvalue weighted by molar-refractivity contribution is 7.43. The van der Waals surface area contributed by atoms with Gasteiger partial charge in [0, 0.05) is 0 Å². The van der Waals surface area contributed by atoms with E-state index in [0.717, 1.165) is 0 Å². The predicted octanol–water partition coefficient (Wildman–Crippen LogP) is -4.37. The van der Waals surface area contributed by atoms with Crippen LogP contribution in [0.3, 0.4) is 0 Å². The Balaban J connectivity index is 2.61. The Kier molecular flexibility index (Phi) is 4.06. The van der Waals surface area contributed by atoms with Crippen LogP contribution in [0.1, 0.15) is 0 Å². The van der Waals surface area contributed by atoms with Gasteiger partial charge in [-0.25, -0.2) is 0 Å². The van der Waals surface area contributed by atoms with Crippen molar-refractivity contribution in [1.29, 1.82) is 0 Å². The summed E-state index contributed by atoms with van der Waals surface area (Å²) in [5, 5.41) is 36.6. The first-order chi connectivity index (χ1) is 7.19. The van der Waals surface area contributed by atoms with Crippen LogP contribution in [0, 0.1) is 0 Å². The van der Waals surface area contributed by atoms with Gasteiger partial charge in [-0.3, -0.25) is 0 Å². The number of hydrogen-bond donors (Lipinski definition) is 4. The van der Waals surface area contributed by atoms with Crippen LogP contribution >= 0.6 is 7.82 Å². The zero-order valence-electron chi connectivity index (χ0n) is 7.92. The maximum absolute atomic E-state index is 10.1. The number of ether oxygens (including phenoxy) is 1. The third-order valence-corrected chi connectivity index (χ3v) is 2.61. The molecule has 0 spiro atoms. The molecule has 0 bridgehead atoms. The van der Waals surface area contributed by atoms with Gasteiger partial charge in [-0.05, 0) is 0 Å². The van der Waals surface area contributed by atoms with Crippen molar-refractivity contribution in [3.63, 3.8) is 0 Å². The molecule has 0 aliphatic carbocycles. The highest BCUT2D eigenvalue weighted by atomic mass is 31.2. The summed E-state index contributed by atoms with van der Waals surface area (Å²) in [6.07, 6.45) is -4.93. The molecular weight excluding hydrogens is 247 g/mol. The summed E-state index contributed by atoms with van der Waals surface area (Å²) in [5.41, 5.74) is 0. The minimum absolute atomic E-state index is 0.856. The molecule has 96 valence electrons. The van der Waals surface area contributed by atoms with Gasteiger partial charge in [0.15, 0.2) is 0 Å². The number of hydrogen-bond acceptors (Lipinski definition) is 9. The van der Waals surface area contributed by atoms with Crippen molar-refractivity contribution < 1.29 is 44.0 Å². The van der Waals surface area contributed by atoms with Crippen molar-refractivity contribution in [2.45, 2.75) is 24.1 Å². The van der Waals surface area contributed by atoms with E-state index in [1.807, 2.05) is 0 Å². The van der Waals surface area contributed by atoms with Crippen molar-refractivity contribution in [2.24, 2.45) is 0 Å². The lowest BCUT2D eigenvalue weighted by molar-refractivity contribution is -0.344. The molecule has 4 atom stereocenters. The highest BCUT2D eigenvalue weighted by Gasteiger charge is 2.53. The average molecular weight is 258 g/mol. The second kappa shape index (κ2) is 4.65. The molecule has 0 radical (unpaired) electrons. The molecule has 4 N–H and O–H groups in total. The summed E-state index contributed by atoms with van der Waals surface area (Å²) in [4.78, 5) is 20.3. The van der Waals surface area contributed by atoms with Crippen LogP contribution in [0.25, 0.3) is 0 Å². The van der Waals surface area contributed by atoms with Gasteiger partial charge in [0.1, 0.15) is 18.3 Å². The van der Waals surface area contributed by atoms with Crippen LogP contribution in [-0.4, -0.2) is 57.7 Å². The Hall–Kier alpha value is -0.0900. The maximum Gasteiger partial charge on any atom is 0.219 e. The standard InChI is InChI=1S/C6H13O9P/c7-2-6(10)5(9)4(8)3(15-6)1-14-16(11,12)13/h3-5,7-10H,1-2H2,(H2,11,12,13)/p-2/t3-,4+,5+,6?/m0/s1. The third-order valence-electron chi connectivity index (χ3n) is 2.15. The van der Waals surface area contributed by atoms with E-state index in [1.165, 1.54) is 0 Å². The third kappa shape index (κ3) is 2.98. The normalized spacial score (nSPS) is 40.2. The van der Waals surface area contributed by atoms with E-state index < -0.39 is 45.1 Å². The summed E-state index contributed by atoms with van der Waals surface area (Å²) < 4.78 is 18.6. The minimum Gasteiger partial charge on any atom is -0.790 e. The summed E-state index contributed by atoms with van der Waals surface area (Å²) >= 11 is 0. The average Bonchev–Trinajstić information content (AvgIpc) is 2.40. The largest absolute Gasteiger partial charge is 0.790 e. The maximum atomic E-state index is 10.1. The molecule has 0 aromatic rings. The minimum atomic E-state index is -5.23. The fourth-order valence-corrected chi connectivity index (χ4v) is 1.63. The quantitative estimate of drug-likeness (QED) is 0.365. The first-order valence-electron chi connectivity index (χ1n) is 4.23. The SMILES string of the molecule is O=P([O-])([O-])OC[C@@H]1OC(O)(CO)[C@H](O)[C@@H]1O. The molecule has 1 aliphatic rings. The van der Waals surface area contributed by atoms with Crippen LogP contribution < -0.4 is 9.79 Å². The van der Waals surface area contributed by atoms with E-state index in [0.29, 0.717) is 0 Å². The van der Waals surface area contributed by atoms with E-state index in [4.69, 9.17) is 5.11 Å². The molecule has 0 saturated carbocycles. The van der Waals surface area contributed by atoms with Crippen molar-refractivity contribution in [3.8, 4) is 0 Å². The number of aliphatic hydroxyl groups excluding tert-OH is 3. The molecular formula is C6H11O9P-2. The number of phosphoric ester groups is 1. The van der Waals surface area contributed by atoms with Crippen molar-refractivity contribution >= 4 is 7.82 Å². The van der Waals surface area contributed by atoms with Gasteiger partial charge in [0.25, 0.3) is 0 Å². The van der Waals surface area contributed by atoms with Gasteiger partial charge in [0.05, 0.1) is 21.0 Å². The lowest BCUT2D eigenvalue weighted by Gasteiger charge is -2.30. The molecule has 1 rings (SSSR count). The van der Waals surface area contributed by atoms with Gasteiger partial charge in [-0.2, -0.15) is 0 Å². The van der Waals surface area contributed by atoms with Gasteiger partial charge < -0.3 is 44.0 Å². The predicted molar refractivity (Wildman–Crippen MR) is 42.5 cm³/mol. The Morgan fingerprint density at radius 2 is 2.00 bits per heavy atom. The Morgan fingerprint density at radius 3 is 2.38 bits per heavy atom.